The number of ketones is 1. The van der Waals surface area contributed by atoms with Crippen LogP contribution in [0.15, 0.2) is 23.6 Å². The van der Waals surface area contributed by atoms with E-state index in [4.69, 9.17) is 0 Å². The third-order valence-corrected chi connectivity index (χ3v) is 3.87. The largest absolute Gasteiger partial charge is 0.368 e. The van der Waals surface area contributed by atoms with Crippen LogP contribution in [0.1, 0.15) is 28.0 Å². The molecule has 0 radical (unpaired) electrons. The van der Waals surface area contributed by atoms with E-state index in [1.165, 1.54) is 19.1 Å². The number of aromatic nitrogens is 1. The molecule has 1 aromatic carbocycles. The van der Waals surface area contributed by atoms with Crippen molar-refractivity contribution in [2.75, 3.05) is 11.9 Å². The minimum atomic E-state index is -0.500. The topological polar surface area (TPSA) is 76.3 Å². The Balaban J connectivity index is 2.33. The van der Waals surface area contributed by atoms with Gasteiger partial charge in [0.25, 0.3) is 5.69 Å². The number of thiazole rings is 1. The number of nitro groups is 1. The maximum Gasteiger partial charge on any atom is 0.270 e. The first kappa shape index (κ1) is 15.1. The van der Waals surface area contributed by atoms with Crippen LogP contribution < -0.4 is 4.90 Å². The molecule has 0 aliphatic rings. The summed E-state index contributed by atoms with van der Waals surface area (Å²) in [5, 5.41) is 13.8. The van der Waals surface area contributed by atoms with E-state index in [0.29, 0.717) is 17.8 Å². The fourth-order valence-electron chi connectivity index (χ4n) is 2.06. The van der Waals surface area contributed by atoms with E-state index in [9.17, 15) is 14.9 Å². The quantitative estimate of drug-likeness (QED) is 0.481. The maximum absolute atomic E-state index is 11.7. The molecule has 0 saturated carbocycles. The fraction of sp³-hybridized carbons (Fsp3) is 0.286. The number of aryl methyl sites for hydroxylation is 1. The molecule has 0 atom stereocenters. The molecule has 0 aliphatic carbocycles. The summed E-state index contributed by atoms with van der Waals surface area (Å²) in [6.07, 6.45) is 0. The van der Waals surface area contributed by atoms with E-state index >= 15 is 0 Å². The van der Waals surface area contributed by atoms with Crippen LogP contribution in [0.3, 0.4) is 0 Å². The summed E-state index contributed by atoms with van der Waals surface area (Å²) in [4.78, 5) is 28.3. The van der Waals surface area contributed by atoms with Crippen LogP contribution in [-0.4, -0.2) is 22.7 Å². The highest BCUT2D eigenvalue weighted by Gasteiger charge is 2.17. The van der Waals surface area contributed by atoms with E-state index in [1.807, 2.05) is 24.3 Å². The zero-order chi connectivity index (χ0) is 15.6. The lowest BCUT2D eigenvalue weighted by Gasteiger charge is -2.20. The predicted octanol–water partition coefficient (Wildman–Crippen LogP) is 3.20. The number of hydrogen-bond acceptors (Lipinski definition) is 6. The number of carbonyl (C=O) groups is 1. The van der Waals surface area contributed by atoms with Crippen molar-refractivity contribution in [2.45, 2.75) is 20.4 Å². The number of benzene rings is 1. The Bertz CT molecular complexity index is 697. The maximum atomic E-state index is 11.7. The molecule has 0 N–H and O–H groups in total. The molecule has 0 fully saturated rings. The molecule has 7 heteroatoms. The van der Waals surface area contributed by atoms with Crippen LogP contribution in [0.2, 0.25) is 0 Å². The van der Waals surface area contributed by atoms with Crippen molar-refractivity contribution >= 4 is 28.5 Å². The molecule has 0 bridgehead atoms. The predicted molar refractivity (Wildman–Crippen MR) is 82.1 cm³/mol. The zero-order valence-corrected chi connectivity index (χ0v) is 12.8. The average Bonchev–Trinajstić information content (AvgIpc) is 2.83. The van der Waals surface area contributed by atoms with Gasteiger partial charge in [0, 0.05) is 35.8 Å². The van der Waals surface area contributed by atoms with Gasteiger partial charge < -0.3 is 4.90 Å². The number of rotatable bonds is 5. The molecular weight excluding hydrogens is 290 g/mol. The van der Waals surface area contributed by atoms with Crippen molar-refractivity contribution in [3.05, 3.63) is 50.0 Å². The highest BCUT2D eigenvalue weighted by molar-refractivity contribution is 7.09. The van der Waals surface area contributed by atoms with Crippen LogP contribution in [-0.2, 0) is 6.54 Å². The lowest BCUT2D eigenvalue weighted by molar-refractivity contribution is -0.384. The molecule has 0 spiro atoms. The third-order valence-electron chi connectivity index (χ3n) is 3.05. The molecule has 110 valence electrons. The first-order chi connectivity index (χ1) is 9.88. The molecule has 0 amide bonds. The minimum Gasteiger partial charge on any atom is -0.368 e. The second kappa shape index (κ2) is 6.01. The molecule has 6 nitrogen and oxygen atoms in total. The van der Waals surface area contributed by atoms with Gasteiger partial charge in [0.15, 0.2) is 5.78 Å². The van der Waals surface area contributed by atoms with E-state index in [-0.39, 0.29) is 11.5 Å². The lowest BCUT2D eigenvalue weighted by atomic mass is 10.1. The van der Waals surface area contributed by atoms with Gasteiger partial charge in [0.2, 0.25) is 0 Å². The second-order valence-corrected chi connectivity index (χ2v) is 5.79. The molecule has 1 heterocycles. The molecule has 0 aliphatic heterocycles. The normalized spacial score (nSPS) is 10.4. The molecule has 1 aromatic heterocycles. The average molecular weight is 305 g/mol. The molecule has 0 unspecified atom stereocenters. The van der Waals surface area contributed by atoms with Gasteiger partial charge in [-0.1, -0.05) is 0 Å². The Labute approximate surface area is 126 Å². The number of Topliss-reactive ketones (excluding diaryl/α,β-unsaturated/α-hetero) is 1. The van der Waals surface area contributed by atoms with Crippen molar-refractivity contribution in [1.29, 1.82) is 0 Å². The first-order valence-corrected chi connectivity index (χ1v) is 7.18. The smallest absolute Gasteiger partial charge is 0.270 e. The van der Waals surface area contributed by atoms with Gasteiger partial charge in [-0.25, -0.2) is 4.98 Å². The molecule has 2 aromatic rings. The van der Waals surface area contributed by atoms with Gasteiger partial charge in [-0.3, -0.25) is 14.9 Å². The van der Waals surface area contributed by atoms with Crippen molar-refractivity contribution in [1.82, 2.24) is 4.98 Å². The van der Waals surface area contributed by atoms with E-state index in [1.54, 1.807) is 17.4 Å². The SMILES string of the molecule is CC(=O)c1cc([N+](=O)[O-])ccc1N(C)Cc1csc(C)n1. The summed E-state index contributed by atoms with van der Waals surface area (Å²) in [5.41, 5.74) is 1.84. The lowest BCUT2D eigenvalue weighted by Crippen LogP contribution is -2.19. The summed E-state index contributed by atoms with van der Waals surface area (Å²) in [7, 11) is 1.84. The first-order valence-electron chi connectivity index (χ1n) is 6.30. The number of anilines is 1. The van der Waals surface area contributed by atoms with Crippen LogP contribution in [0.5, 0.6) is 0 Å². The van der Waals surface area contributed by atoms with Crippen molar-refractivity contribution in [3.8, 4) is 0 Å². The van der Waals surface area contributed by atoms with Crippen LogP contribution in [0.25, 0.3) is 0 Å². The fourth-order valence-corrected chi connectivity index (χ4v) is 2.67. The van der Waals surface area contributed by atoms with Gasteiger partial charge in [-0.05, 0) is 19.9 Å². The highest BCUT2D eigenvalue weighted by atomic mass is 32.1. The number of nitro benzene ring substituents is 1. The van der Waals surface area contributed by atoms with Crippen molar-refractivity contribution in [3.63, 3.8) is 0 Å². The van der Waals surface area contributed by atoms with Crippen LogP contribution in [0.4, 0.5) is 11.4 Å². The minimum absolute atomic E-state index is 0.0816. The van der Waals surface area contributed by atoms with Gasteiger partial charge in [-0.15, -0.1) is 11.3 Å². The number of nitrogens with zero attached hydrogens (tertiary/aromatic N) is 3. The van der Waals surface area contributed by atoms with Crippen LogP contribution in [0, 0.1) is 17.0 Å². The molecule has 2 rings (SSSR count). The Kier molecular flexibility index (Phi) is 4.32. The molecule has 21 heavy (non-hydrogen) atoms. The summed E-state index contributed by atoms with van der Waals surface area (Å²) >= 11 is 1.56. The summed E-state index contributed by atoms with van der Waals surface area (Å²) in [6, 6.07) is 4.33. The monoisotopic (exact) mass is 305 g/mol. The standard InChI is InChI=1S/C14H15N3O3S/c1-9(18)13-6-12(17(19)20)4-5-14(13)16(3)7-11-8-21-10(2)15-11/h4-6,8H,7H2,1-3H3. The van der Waals surface area contributed by atoms with Crippen molar-refractivity contribution in [2.24, 2.45) is 0 Å². The second-order valence-electron chi connectivity index (χ2n) is 4.73. The van der Waals surface area contributed by atoms with Gasteiger partial charge >= 0.3 is 0 Å². The number of carbonyl (C=O) groups excluding carboxylic acids is 1. The van der Waals surface area contributed by atoms with Gasteiger partial charge in [0.05, 0.1) is 22.2 Å². The highest BCUT2D eigenvalue weighted by Crippen LogP contribution is 2.26. The summed E-state index contributed by atoms with van der Waals surface area (Å²) in [6.45, 7) is 3.88. The number of non-ortho nitro benzene ring substituents is 1. The van der Waals surface area contributed by atoms with Crippen molar-refractivity contribution < 1.29 is 9.72 Å². The van der Waals surface area contributed by atoms with Gasteiger partial charge in [-0.2, -0.15) is 0 Å². The Morgan fingerprint density at radius 2 is 2.19 bits per heavy atom. The number of hydrogen-bond donors (Lipinski definition) is 0. The third kappa shape index (κ3) is 3.43. The van der Waals surface area contributed by atoms with E-state index < -0.39 is 4.92 Å². The molecule has 0 saturated heterocycles. The zero-order valence-electron chi connectivity index (χ0n) is 12.0. The van der Waals surface area contributed by atoms with E-state index in [0.717, 1.165) is 10.7 Å². The van der Waals surface area contributed by atoms with Gasteiger partial charge in [0.1, 0.15) is 0 Å². The Morgan fingerprint density at radius 3 is 2.71 bits per heavy atom. The summed E-state index contributed by atoms with van der Waals surface area (Å²) < 4.78 is 0. The summed E-state index contributed by atoms with van der Waals surface area (Å²) in [5.74, 6) is -0.199. The molecular formula is C14H15N3O3S. The van der Waals surface area contributed by atoms with E-state index in [2.05, 4.69) is 4.98 Å². The van der Waals surface area contributed by atoms with Crippen LogP contribution >= 0.6 is 11.3 Å². The Hall–Kier alpha value is -2.28. The Morgan fingerprint density at radius 1 is 1.48 bits per heavy atom.